The van der Waals surface area contributed by atoms with Crippen LogP contribution in [0.5, 0.6) is 11.5 Å². The highest BCUT2D eigenvalue weighted by molar-refractivity contribution is 5.59. The van der Waals surface area contributed by atoms with Gasteiger partial charge in [0, 0.05) is 5.56 Å². The number of anilines is 1. The van der Waals surface area contributed by atoms with Gasteiger partial charge in [0.1, 0.15) is 24.0 Å². The molecule has 0 saturated carbocycles. The highest BCUT2D eigenvalue weighted by Gasteiger charge is 2.33. The lowest BCUT2D eigenvalue weighted by Crippen LogP contribution is -2.22. The molecule has 0 fully saturated rings. The second kappa shape index (κ2) is 6.80. The van der Waals surface area contributed by atoms with Crippen LogP contribution in [-0.4, -0.2) is 10.2 Å². The molecule has 4 N–H and O–H groups in total. The minimum atomic E-state index is -1.79. The number of hydrogen-bond donors (Lipinski definition) is 3. The number of hydrogen-bond acceptors (Lipinski definition) is 7. The van der Waals surface area contributed by atoms with E-state index in [1.807, 2.05) is 0 Å². The number of nitrogen functional groups attached to an aromatic ring is 1. The van der Waals surface area contributed by atoms with E-state index in [1.165, 1.54) is 6.92 Å². The molecule has 2 heterocycles. The molecule has 3 rings (SSSR count). The van der Waals surface area contributed by atoms with Crippen LogP contribution in [0, 0.1) is 24.4 Å². The SMILES string of the molecule is Cc1coc(=O)c(C(c2cc(F)c(F)c(F)c2)c2c(O)c(N)coc2=O)c1O. The van der Waals surface area contributed by atoms with Crippen LogP contribution in [0.1, 0.15) is 28.2 Å². The lowest BCUT2D eigenvalue weighted by Gasteiger charge is -2.19. The summed E-state index contributed by atoms with van der Waals surface area (Å²) in [6, 6.07) is 1.01. The van der Waals surface area contributed by atoms with Gasteiger partial charge in [-0.15, -0.1) is 0 Å². The van der Waals surface area contributed by atoms with Crippen LogP contribution in [-0.2, 0) is 0 Å². The van der Waals surface area contributed by atoms with Gasteiger partial charge in [-0.2, -0.15) is 0 Å². The summed E-state index contributed by atoms with van der Waals surface area (Å²) in [6.45, 7) is 1.35. The molecule has 28 heavy (non-hydrogen) atoms. The van der Waals surface area contributed by atoms with Crippen molar-refractivity contribution < 1.29 is 32.2 Å². The molecular weight excluding hydrogens is 383 g/mol. The van der Waals surface area contributed by atoms with Gasteiger partial charge < -0.3 is 24.8 Å². The Morgan fingerprint density at radius 2 is 1.43 bits per heavy atom. The monoisotopic (exact) mass is 395 g/mol. The molecule has 2 aromatic heterocycles. The van der Waals surface area contributed by atoms with Crippen molar-refractivity contribution in [1.82, 2.24) is 0 Å². The van der Waals surface area contributed by atoms with E-state index in [4.69, 9.17) is 10.2 Å². The summed E-state index contributed by atoms with van der Waals surface area (Å²) in [5.74, 6) is -8.31. The molecule has 7 nitrogen and oxygen atoms in total. The fraction of sp³-hybridized carbons (Fsp3) is 0.111. The fourth-order valence-electron chi connectivity index (χ4n) is 2.79. The number of halogens is 3. The van der Waals surface area contributed by atoms with E-state index in [0.29, 0.717) is 12.1 Å². The zero-order chi connectivity index (χ0) is 20.7. The Bertz CT molecular complexity index is 1110. The van der Waals surface area contributed by atoms with E-state index in [-0.39, 0.29) is 5.56 Å². The number of nitrogens with two attached hydrogens (primary N) is 1. The van der Waals surface area contributed by atoms with Crippen molar-refractivity contribution in [2.24, 2.45) is 0 Å². The maximum atomic E-state index is 13.8. The van der Waals surface area contributed by atoms with Gasteiger partial charge in [0.2, 0.25) is 0 Å². The second-order valence-electron chi connectivity index (χ2n) is 5.94. The lowest BCUT2D eigenvalue weighted by molar-refractivity contribution is 0.415. The quantitative estimate of drug-likeness (QED) is 0.582. The number of aromatic hydroxyl groups is 2. The minimum Gasteiger partial charge on any atom is -0.507 e. The molecule has 1 aromatic carbocycles. The Morgan fingerprint density at radius 3 is 2.00 bits per heavy atom. The third kappa shape index (κ3) is 2.98. The zero-order valence-corrected chi connectivity index (χ0v) is 14.1. The molecule has 0 radical (unpaired) electrons. The maximum absolute atomic E-state index is 13.8. The molecule has 1 atom stereocenters. The fourth-order valence-corrected chi connectivity index (χ4v) is 2.79. The van der Waals surface area contributed by atoms with Crippen molar-refractivity contribution in [1.29, 1.82) is 0 Å². The van der Waals surface area contributed by atoms with E-state index in [2.05, 4.69) is 4.42 Å². The Labute approximate surface area is 154 Å². The molecule has 0 saturated heterocycles. The Morgan fingerprint density at radius 1 is 0.929 bits per heavy atom. The molecule has 0 amide bonds. The molecule has 0 aliphatic heterocycles. The van der Waals surface area contributed by atoms with Gasteiger partial charge in [-0.3, -0.25) is 0 Å². The normalized spacial score (nSPS) is 12.1. The highest BCUT2D eigenvalue weighted by atomic mass is 19.2. The minimum absolute atomic E-state index is 0.0513. The van der Waals surface area contributed by atoms with E-state index >= 15 is 0 Å². The van der Waals surface area contributed by atoms with Crippen LogP contribution in [0.15, 0.2) is 43.1 Å². The number of benzene rings is 1. The van der Waals surface area contributed by atoms with Crippen molar-refractivity contribution >= 4 is 5.69 Å². The summed E-state index contributed by atoms with van der Waals surface area (Å²) in [5, 5.41) is 20.6. The first-order chi connectivity index (χ1) is 13.1. The third-order valence-corrected chi connectivity index (χ3v) is 4.15. The van der Waals surface area contributed by atoms with Gasteiger partial charge in [0.25, 0.3) is 0 Å². The van der Waals surface area contributed by atoms with Gasteiger partial charge in [-0.1, -0.05) is 0 Å². The van der Waals surface area contributed by atoms with Crippen LogP contribution in [0.25, 0.3) is 0 Å². The van der Waals surface area contributed by atoms with Crippen molar-refractivity contribution in [3.63, 3.8) is 0 Å². The van der Waals surface area contributed by atoms with Gasteiger partial charge in [-0.25, -0.2) is 22.8 Å². The molecule has 0 aliphatic rings. The van der Waals surface area contributed by atoms with Gasteiger partial charge >= 0.3 is 11.3 Å². The molecule has 1 unspecified atom stereocenters. The van der Waals surface area contributed by atoms with Crippen LogP contribution < -0.4 is 17.0 Å². The molecule has 3 aromatic rings. The van der Waals surface area contributed by atoms with E-state index in [0.717, 1.165) is 12.5 Å². The van der Waals surface area contributed by atoms with Crippen molar-refractivity contribution in [2.45, 2.75) is 12.8 Å². The number of aryl methyl sites for hydroxylation is 1. The smallest absolute Gasteiger partial charge is 0.343 e. The summed E-state index contributed by atoms with van der Waals surface area (Å²) in [6.07, 6.45) is 1.65. The van der Waals surface area contributed by atoms with E-state index < -0.39 is 68.5 Å². The van der Waals surface area contributed by atoms with Gasteiger partial charge in [-0.05, 0) is 24.6 Å². The molecule has 0 spiro atoms. The standard InChI is InChI=1S/C18H12F3NO6/c1-6-4-27-17(25)12(15(6)23)11(7-2-8(19)14(21)9(20)3-7)13-16(24)10(22)5-28-18(13)26/h2-5,11,23-24H,22H2,1H3. The summed E-state index contributed by atoms with van der Waals surface area (Å²) in [5.41, 5.74) is 0.983. The largest absolute Gasteiger partial charge is 0.507 e. The van der Waals surface area contributed by atoms with Gasteiger partial charge in [0.05, 0.1) is 17.0 Å². The first kappa shape index (κ1) is 19.1. The first-order valence-electron chi connectivity index (χ1n) is 7.69. The lowest BCUT2D eigenvalue weighted by atomic mass is 9.85. The van der Waals surface area contributed by atoms with Crippen molar-refractivity contribution in [3.8, 4) is 11.5 Å². The Balaban J connectivity index is 2.48. The average Bonchev–Trinajstić information content (AvgIpc) is 2.64. The van der Waals surface area contributed by atoms with Crippen LogP contribution in [0.2, 0.25) is 0 Å². The summed E-state index contributed by atoms with van der Waals surface area (Å²) < 4.78 is 50.5. The maximum Gasteiger partial charge on any atom is 0.343 e. The molecule has 0 aliphatic carbocycles. The van der Waals surface area contributed by atoms with Crippen molar-refractivity contribution in [2.75, 3.05) is 5.73 Å². The van der Waals surface area contributed by atoms with E-state index in [1.54, 1.807) is 0 Å². The Kier molecular flexibility index (Phi) is 4.63. The third-order valence-electron chi connectivity index (χ3n) is 4.15. The molecule has 0 bridgehead atoms. The molecule has 146 valence electrons. The zero-order valence-electron chi connectivity index (χ0n) is 14.1. The molecule has 10 heteroatoms. The van der Waals surface area contributed by atoms with Gasteiger partial charge in [0.15, 0.2) is 23.2 Å². The predicted molar refractivity (Wildman–Crippen MR) is 89.7 cm³/mol. The summed E-state index contributed by atoms with van der Waals surface area (Å²) >= 11 is 0. The Hall–Kier alpha value is -3.69. The molecular formula is C18H12F3NO6. The van der Waals surface area contributed by atoms with Crippen LogP contribution in [0.4, 0.5) is 18.9 Å². The predicted octanol–water partition coefficient (Wildman–Crippen LogP) is 2.49. The first-order valence-corrected chi connectivity index (χ1v) is 7.69. The second-order valence-corrected chi connectivity index (χ2v) is 5.94. The number of rotatable bonds is 3. The van der Waals surface area contributed by atoms with Crippen LogP contribution in [0.3, 0.4) is 0 Å². The summed E-state index contributed by atoms with van der Waals surface area (Å²) in [7, 11) is 0. The van der Waals surface area contributed by atoms with Crippen molar-refractivity contribution in [3.05, 3.63) is 85.2 Å². The highest BCUT2D eigenvalue weighted by Crippen LogP contribution is 2.40. The summed E-state index contributed by atoms with van der Waals surface area (Å²) in [4.78, 5) is 24.6. The average molecular weight is 395 g/mol. The topological polar surface area (TPSA) is 127 Å². The van der Waals surface area contributed by atoms with Crippen LogP contribution >= 0.6 is 0 Å². The van der Waals surface area contributed by atoms with E-state index in [9.17, 15) is 33.0 Å².